The van der Waals surface area contributed by atoms with E-state index in [4.69, 9.17) is 0 Å². The average molecular weight is 195 g/mol. The molecule has 0 spiro atoms. The third-order valence-corrected chi connectivity index (χ3v) is 2.46. The Morgan fingerprint density at radius 2 is 2.21 bits per heavy atom. The van der Waals surface area contributed by atoms with Crippen LogP contribution in [-0.2, 0) is 9.59 Å². The topological polar surface area (TPSA) is 46.2 Å². The van der Waals surface area contributed by atoms with Crippen LogP contribution in [0.25, 0.3) is 0 Å². The number of ketones is 1. The molecule has 3 nitrogen and oxygen atoms in total. The summed E-state index contributed by atoms with van der Waals surface area (Å²) in [5.74, 6) is -0.217. The lowest BCUT2D eigenvalue weighted by Crippen LogP contribution is -2.34. The third kappa shape index (κ3) is 3.32. The maximum absolute atomic E-state index is 11.5. The Morgan fingerprint density at radius 1 is 1.57 bits per heavy atom. The molecule has 1 amide bonds. The maximum Gasteiger partial charge on any atom is 0.287 e. The molecule has 0 aromatic rings. The molecule has 0 radical (unpaired) electrons. The molecule has 0 aromatic carbocycles. The van der Waals surface area contributed by atoms with Crippen LogP contribution in [0.2, 0.25) is 0 Å². The molecule has 1 rings (SSSR count). The molecule has 1 saturated carbocycles. The molecular weight excluding hydrogens is 178 g/mol. The van der Waals surface area contributed by atoms with Gasteiger partial charge < -0.3 is 5.32 Å². The van der Waals surface area contributed by atoms with Crippen LogP contribution < -0.4 is 5.32 Å². The van der Waals surface area contributed by atoms with Crippen molar-refractivity contribution in [1.29, 1.82) is 0 Å². The molecule has 0 heterocycles. The Labute approximate surface area is 84.6 Å². The lowest BCUT2D eigenvalue weighted by molar-refractivity contribution is -0.140. The highest BCUT2D eigenvalue weighted by molar-refractivity contribution is 6.36. The van der Waals surface area contributed by atoms with Gasteiger partial charge in [-0.25, -0.2) is 0 Å². The Balaban J connectivity index is 2.29. The minimum atomic E-state index is -0.474. The van der Waals surface area contributed by atoms with Crippen molar-refractivity contribution in [2.45, 2.75) is 26.2 Å². The van der Waals surface area contributed by atoms with Crippen LogP contribution in [0.1, 0.15) is 26.2 Å². The fourth-order valence-electron chi connectivity index (χ4n) is 1.44. The molecule has 1 N–H and O–H groups in total. The van der Waals surface area contributed by atoms with Crippen molar-refractivity contribution in [1.82, 2.24) is 5.32 Å². The summed E-state index contributed by atoms with van der Waals surface area (Å²) >= 11 is 0. The summed E-state index contributed by atoms with van der Waals surface area (Å²) in [7, 11) is 0. The number of carbonyl (C=O) groups excluding carboxylic acids is 2. The van der Waals surface area contributed by atoms with E-state index < -0.39 is 5.91 Å². The first kappa shape index (κ1) is 11.0. The Bertz CT molecular complexity index is 244. The molecular formula is C11H17NO2. The summed E-state index contributed by atoms with van der Waals surface area (Å²) in [6.45, 7) is 5.66. The van der Waals surface area contributed by atoms with Gasteiger partial charge in [0.05, 0.1) is 0 Å². The fraction of sp³-hybridized carbons (Fsp3) is 0.636. The van der Waals surface area contributed by atoms with Crippen LogP contribution >= 0.6 is 0 Å². The monoisotopic (exact) mass is 195 g/mol. The number of amides is 1. The van der Waals surface area contributed by atoms with Crippen LogP contribution in [-0.4, -0.2) is 18.2 Å². The van der Waals surface area contributed by atoms with E-state index in [1.807, 2.05) is 6.92 Å². The van der Waals surface area contributed by atoms with Crippen LogP contribution in [0.15, 0.2) is 12.7 Å². The first-order valence-corrected chi connectivity index (χ1v) is 5.08. The summed E-state index contributed by atoms with van der Waals surface area (Å²) in [5.41, 5.74) is 0. The van der Waals surface area contributed by atoms with Crippen LogP contribution in [0.4, 0.5) is 0 Å². The third-order valence-electron chi connectivity index (χ3n) is 2.46. The summed E-state index contributed by atoms with van der Waals surface area (Å²) in [5, 5.41) is 2.50. The lowest BCUT2D eigenvalue weighted by atomic mass is 9.99. The Morgan fingerprint density at radius 3 is 2.71 bits per heavy atom. The molecule has 0 bridgehead atoms. The van der Waals surface area contributed by atoms with E-state index in [0.717, 1.165) is 6.42 Å². The second kappa shape index (κ2) is 4.94. The number of carbonyl (C=O) groups is 2. The lowest BCUT2D eigenvalue weighted by Gasteiger charge is -2.08. The molecule has 0 saturated heterocycles. The highest BCUT2D eigenvalue weighted by Gasteiger charge is 2.29. The van der Waals surface area contributed by atoms with Gasteiger partial charge in [0.1, 0.15) is 0 Å². The Kier molecular flexibility index (Phi) is 3.86. The number of rotatable bonds is 6. The fourth-order valence-corrected chi connectivity index (χ4v) is 1.44. The van der Waals surface area contributed by atoms with Crippen LogP contribution in [0, 0.1) is 11.8 Å². The van der Waals surface area contributed by atoms with Crippen molar-refractivity contribution in [2.75, 3.05) is 6.54 Å². The van der Waals surface area contributed by atoms with E-state index in [2.05, 4.69) is 11.9 Å². The highest BCUT2D eigenvalue weighted by Crippen LogP contribution is 2.35. The van der Waals surface area contributed by atoms with Gasteiger partial charge in [-0.2, -0.15) is 0 Å². The highest BCUT2D eigenvalue weighted by atomic mass is 16.2. The molecule has 0 aromatic heterocycles. The zero-order valence-electron chi connectivity index (χ0n) is 8.58. The molecule has 1 fully saturated rings. The zero-order valence-corrected chi connectivity index (χ0v) is 8.58. The standard InChI is InChI=1S/C11H17NO2/c1-3-6-12-11(14)10(13)8(2)7-9-4-5-9/h3,8-9H,1,4-7H2,2H3,(H,12,14). The minimum absolute atomic E-state index is 0.132. The number of Topliss-reactive ketones (excluding diaryl/α,β-unsaturated/α-hetero) is 1. The predicted molar refractivity (Wildman–Crippen MR) is 54.7 cm³/mol. The van der Waals surface area contributed by atoms with Crippen molar-refractivity contribution in [3.8, 4) is 0 Å². The van der Waals surface area contributed by atoms with Crippen molar-refractivity contribution in [3.05, 3.63) is 12.7 Å². The quantitative estimate of drug-likeness (QED) is 0.513. The molecule has 1 aliphatic rings. The van der Waals surface area contributed by atoms with E-state index >= 15 is 0 Å². The molecule has 78 valence electrons. The smallest absolute Gasteiger partial charge is 0.287 e. The predicted octanol–water partition coefficient (Wildman–Crippen LogP) is 1.29. The average Bonchev–Trinajstić information content (AvgIpc) is 2.96. The maximum atomic E-state index is 11.5. The molecule has 1 unspecified atom stereocenters. The van der Waals surface area contributed by atoms with E-state index in [1.54, 1.807) is 6.08 Å². The summed E-state index contributed by atoms with van der Waals surface area (Å²) in [6.07, 6.45) is 4.86. The van der Waals surface area contributed by atoms with E-state index in [9.17, 15) is 9.59 Å². The minimum Gasteiger partial charge on any atom is -0.346 e. The second-order valence-electron chi connectivity index (χ2n) is 3.94. The van der Waals surface area contributed by atoms with E-state index in [0.29, 0.717) is 12.5 Å². The zero-order chi connectivity index (χ0) is 10.6. The van der Waals surface area contributed by atoms with Gasteiger partial charge >= 0.3 is 0 Å². The first-order valence-electron chi connectivity index (χ1n) is 5.08. The Hall–Kier alpha value is -1.12. The van der Waals surface area contributed by atoms with Gasteiger partial charge in [-0.1, -0.05) is 25.8 Å². The number of hydrogen-bond acceptors (Lipinski definition) is 2. The first-order chi connectivity index (χ1) is 6.65. The largest absolute Gasteiger partial charge is 0.346 e. The van der Waals surface area contributed by atoms with E-state index in [1.165, 1.54) is 12.8 Å². The van der Waals surface area contributed by atoms with E-state index in [-0.39, 0.29) is 11.7 Å². The molecule has 14 heavy (non-hydrogen) atoms. The van der Waals surface area contributed by atoms with Crippen molar-refractivity contribution < 1.29 is 9.59 Å². The van der Waals surface area contributed by atoms with Gasteiger partial charge in [0.25, 0.3) is 5.91 Å². The van der Waals surface area contributed by atoms with Crippen LogP contribution in [0.3, 0.4) is 0 Å². The molecule has 3 heteroatoms. The number of nitrogens with one attached hydrogen (secondary N) is 1. The summed E-state index contributed by atoms with van der Waals surface area (Å²) in [4.78, 5) is 22.7. The normalized spacial score (nSPS) is 17.2. The molecule has 1 atom stereocenters. The van der Waals surface area contributed by atoms with Crippen molar-refractivity contribution in [2.24, 2.45) is 11.8 Å². The number of hydrogen-bond donors (Lipinski definition) is 1. The van der Waals surface area contributed by atoms with Gasteiger partial charge in [0.15, 0.2) is 0 Å². The van der Waals surface area contributed by atoms with Crippen LogP contribution in [0.5, 0.6) is 0 Å². The summed E-state index contributed by atoms with van der Waals surface area (Å²) in [6, 6.07) is 0. The second-order valence-corrected chi connectivity index (χ2v) is 3.94. The van der Waals surface area contributed by atoms with Crippen molar-refractivity contribution in [3.63, 3.8) is 0 Å². The van der Waals surface area contributed by atoms with Gasteiger partial charge in [-0.15, -0.1) is 6.58 Å². The molecule has 1 aliphatic carbocycles. The molecule has 0 aliphatic heterocycles. The van der Waals surface area contributed by atoms with Crippen molar-refractivity contribution >= 4 is 11.7 Å². The van der Waals surface area contributed by atoms with Gasteiger partial charge in [0.2, 0.25) is 5.78 Å². The van der Waals surface area contributed by atoms with Gasteiger partial charge in [-0.05, 0) is 12.3 Å². The van der Waals surface area contributed by atoms with Gasteiger partial charge in [-0.3, -0.25) is 9.59 Å². The SMILES string of the molecule is C=CCNC(=O)C(=O)C(C)CC1CC1. The summed E-state index contributed by atoms with van der Waals surface area (Å²) < 4.78 is 0. The van der Waals surface area contributed by atoms with Gasteiger partial charge in [0, 0.05) is 12.5 Å².